The van der Waals surface area contributed by atoms with Crippen molar-refractivity contribution >= 4 is 12.0 Å². The number of hydrogen-bond acceptors (Lipinski definition) is 5. The number of nitrogens with one attached hydrogen (secondary N) is 2. The Morgan fingerprint density at radius 3 is 3.05 bits per heavy atom. The van der Waals surface area contributed by atoms with Crippen molar-refractivity contribution in [2.45, 2.75) is 25.4 Å². The largest absolute Gasteiger partial charge is 0.453 e. The zero-order chi connectivity index (χ0) is 15.5. The second-order valence-electron chi connectivity index (χ2n) is 5.63. The third-order valence-corrected chi connectivity index (χ3v) is 4.21. The van der Waals surface area contributed by atoms with Crippen LogP contribution in [0.25, 0.3) is 0 Å². The number of carbonyl (C=O) groups excluding carboxylic acids is 2. The highest BCUT2D eigenvalue weighted by Crippen LogP contribution is 2.22. The van der Waals surface area contributed by atoms with E-state index >= 15 is 0 Å². The summed E-state index contributed by atoms with van der Waals surface area (Å²) in [5, 5.41) is 6.27. The van der Waals surface area contributed by atoms with E-state index in [4.69, 9.17) is 4.74 Å². The predicted octanol–water partition coefficient (Wildman–Crippen LogP) is 0.298. The molecule has 1 atom stereocenters. The van der Waals surface area contributed by atoms with Crippen LogP contribution >= 0.6 is 0 Å². The van der Waals surface area contributed by atoms with Crippen LogP contribution in [-0.2, 0) is 17.7 Å². The summed E-state index contributed by atoms with van der Waals surface area (Å²) < 4.78 is 4.75. The lowest BCUT2D eigenvalue weighted by Gasteiger charge is -2.28. The Kier molecular flexibility index (Phi) is 4.24. The summed E-state index contributed by atoms with van der Waals surface area (Å²) in [6.45, 7) is 2.73. The van der Waals surface area contributed by atoms with Gasteiger partial charge in [-0.3, -0.25) is 9.78 Å². The van der Waals surface area contributed by atoms with Crippen LogP contribution in [0.4, 0.5) is 4.79 Å². The van der Waals surface area contributed by atoms with Crippen LogP contribution in [0.2, 0.25) is 0 Å². The Labute approximate surface area is 129 Å². The molecule has 1 unspecified atom stereocenters. The molecule has 0 aliphatic carbocycles. The van der Waals surface area contributed by atoms with Crippen LogP contribution in [0.3, 0.4) is 0 Å². The maximum absolute atomic E-state index is 12.5. The van der Waals surface area contributed by atoms with E-state index < -0.39 is 0 Å². The van der Waals surface area contributed by atoms with Crippen LogP contribution in [0.15, 0.2) is 12.4 Å². The number of hydrogen-bond donors (Lipinski definition) is 2. The highest BCUT2D eigenvalue weighted by molar-refractivity contribution is 5.96. The Morgan fingerprint density at radius 2 is 2.32 bits per heavy atom. The average molecular weight is 304 g/mol. The van der Waals surface area contributed by atoms with Crippen LogP contribution in [0.1, 0.15) is 27.9 Å². The van der Waals surface area contributed by atoms with Crippen molar-refractivity contribution in [2.75, 3.05) is 26.7 Å². The van der Waals surface area contributed by atoms with E-state index in [1.54, 1.807) is 17.3 Å². The SMILES string of the molecule is COC(=O)N1CCc2c(cncc2C(=O)NC2CCNC2)C1. The van der Waals surface area contributed by atoms with E-state index in [0.717, 1.165) is 30.6 Å². The molecule has 0 spiro atoms. The van der Waals surface area contributed by atoms with Gasteiger partial charge in [0.25, 0.3) is 5.91 Å². The molecule has 22 heavy (non-hydrogen) atoms. The van der Waals surface area contributed by atoms with E-state index in [2.05, 4.69) is 15.6 Å². The molecule has 0 saturated carbocycles. The van der Waals surface area contributed by atoms with Crippen molar-refractivity contribution < 1.29 is 14.3 Å². The summed E-state index contributed by atoms with van der Waals surface area (Å²) >= 11 is 0. The van der Waals surface area contributed by atoms with Gasteiger partial charge in [-0.15, -0.1) is 0 Å². The van der Waals surface area contributed by atoms with Gasteiger partial charge in [0.05, 0.1) is 19.2 Å². The van der Waals surface area contributed by atoms with Crippen LogP contribution < -0.4 is 10.6 Å². The summed E-state index contributed by atoms with van der Waals surface area (Å²) in [4.78, 5) is 29.9. The van der Waals surface area contributed by atoms with E-state index in [9.17, 15) is 9.59 Å². The normalized spacial score (nSPS) is 20.4. The first-order valence-electron chi connectivity index (χ1n) is 7.49. The molecule has 1 fully saturated rings. The third kappa shape index (κ3) is 2.89. The lowest BCUT2D eigenvalue weighted by atomic mass is 9.96. The highest BCUT2D eigenvalue weighted by Gasteiger charge is 2.26. The molecule has 7 heteroatoms. The molecule has 1 aromatic rings. The first-order valence-corrected chi connectivity index (χ1v) is 7.49. The lowest BCUT2D eigenvalue weighted by Crippen LogP contribution is -2.39. The van der Waals surface area contributed by atoms with Gasteiger partial charge in [0.1, 0.15) is 0 Å². The fourth-order valence-electron chi connectivity index (χ4n) is 3.02. The first kappa shape index (κ1) is 14.8. The highest BCUT2D eigenvalue weighted by atomic mass is 16.5. The number of ether oxygens (including phenoxy) is 1. The molecule has 0 bridgehead atoms. The molecule has 3 rings (SSSR count). The van der Waals surface area contributed by atoms with Gasteiger partial charge in [-0.2, -0.15) is 0 Å². The number of carbonyl (C=O) groups is 2. The Hall–Kier alpha value is -2.15. The molecule has 2 amide bonds. The molecule has 2 aliphatic heterocycles. The Bertz CT molecular complexity index is 584. The molecule has 3 heterocycles. The summed E-state index contributed by atoms with van der Waals surface area (Å²) in [6.07, 6.45) is 4.57. The molecule has 1 saturated heterocycles. The van der Waals surface area contributed by atoms with Gasteiger partial charge < -0.3 is 20.3 Å². The molecule has 118 valence electrons. The number of aromatic nitrogens is 1. The minimum atomic E-state index is -0.350. The second kappa shape index (κ2) is 6.31. The average Bonchev–Trinajstić information content (AvgIpc) is 3.05. The minimum Gasteiger partial charge on any atom is -0.453 e. The number of methoxy groups -OCH3 is 1. The summed E-state index contributed by atoms with van der Waals surface area (Å²) in [6, 6.07) is 0.179. The Morgan fingerprint density at radius 1 is 1.45 bits per heavy atom. The molecular weight excluding hydrogens is 284 g/mol. The number of fused-ring (bicyclic) bond motifs is 1. The van der Waals surface area contributed by atoms with Gasteiger partial charge in [-0.1, -0.05) is 0 Å². The first-order chi connectivity index (χ1) is 10.7. The van der Waals surface area contributed by atoms with Gasteiger partial charge in [-0.25, -0.2) is 4.79 Å². The van der Waals surface area contributed by atoms with Gasteiger partial charge in [0.15, 0.2) is 0 Å². The molecule has 7 nitrogen and oxygen atoms in total. The van der Waals surface area contributed by atoms with Crippen molar-refractivity contribution in [2.24, 2.45) is 0 Å². The van der Waals surface area contributed by atoms with Crippen molar-refractivity contribution in [3.05, 3.63) is 29.1 Å². The van der Waals surface area contributed by atoms with Gasteiger partial charge in [-0.05, 0) is 30.5 Å². The zero-order valence-corrected chi connectivity index (χ0v) is 12.6. The zero-order valence-electron chi connectivity index (χ0n) is 12.6. The molecule has 1 aromatic heterocycles. The van der Waals surface area contributed by atoms with E-state index in [0.29, 0.717) is 25.1 Å². The van der Waals surface area contributed by atoms with Crippen LogP contribution in [0.5, 0.6) is 0 Å². The summed E-state index contributed by atoms with van der Waals surface area (Å²) in [5.74, 6) is -0.0791. The van der Waals surface area contributed by atoms with Gasteiger partial charge >= 0.3 is 6.09 Å². The summed E-state index contributed by atoms with van der Waals surface area (Å²) in [5.41, 5.74) is 2.52. The van der Waals surface area contributed by atoms with E-state index in [-0.39, 0.29) is 18.0 Å². The van der Waals surface area contributed by atoms with Crippen molar-refractivity contribution in [1.29, 1.82) is 0 Å². The molecular formula is C15H20N4O3. The van der Waals surface area contributed by atoms with Crippen molar-refractivity contribution in [3.8, 4) is 0 Å². The van der Waals surface area contributed by atoms with Gasteiger partial charge in [0, 0.05) is 31.5 Å². The van der Waals surface area contributed by atoms with Crippen LogP contribution in [-0.4, -0.2) is 54.7 Å². The molecule has 2 aliphatic rings. The minimum absolute atomic E-state index is 0.0791. The second-order valence-corrected chi connectivity index (χ2v) is 5.63. The quantitative estimate of drug-likeness (QED) is 0.821. The topological polar surface area (TPSA) is 83.6 Å². The number of rotatable bonds is 2. The maximum atomic E-state index is 12.5. The van der Waals surface area contributed by atoms with Crippen LogP contribution in [0, 0.1) is 0 Å². The number of pyridine rings is 1. The number of amides is 2. The predicted molar refractivity (Wildman–Crippen MR) is 79.5 cm³/mol. The smallest absolute Gasteiger partial charge is 0.409 e. The fraction of sp³-hybridized carbons (Fsp3) is 0.533. The lowest BCUT2D eigenvalue weighted by molar-refractivity contribution is 0.0937. The fourth-order valence-corrected chi connectivity index (χ4v) is 3.02. The van der Waals surface area contributed by atoms with E-state index in [1.165, 1.54) is 7.11 Å². The standard InChI is InChI=1S/C15H20N4O3/c1-22-15(21)19-5-3-12-10(9-19)6-17-8-13(12)14(20)18-11-2-4-16-7-11/h6,8,11,16H,2-5,7,9H2,1H3,(H,18,20). The monoisotopic (exact) mass is 304 g/mol. The molecule has 0 aromatic carbocycles. The number of nitrogens with zero attached hydrogens (tertiary/aromatic N) is 2. The van der Waals surface area contributed by atoms with Crippen molar-refractivity contribution in [3.63, 3.8) is 0 Å². The third-order valence-electron chi connectivity index (χ3n) is 4.21. The Balaban J connectivity index is 1.77. The summed E-state index contributed by atoms with van der Waals surface area (Å²) in [7, 11) is 1.37. The van der Waals surface area contributed by atoms with E-state index in [1.807, 2.05) is 0 Å². The molecule has 0 radical (unpaired) electrons. The van der Waals surface area contributed by atoms with Gasteiger partial charge in [0.2, 0.25) is 0 Å². The molecule has 2 N–H and O–H groups in total. The maximum Gasteiger partial charge on any atom is 0.409 e. The van der Waals surface area contributed by atoms with Crippen molar-refractivity contribution in [1.82, 2.24) is 20.5 Å².